The molecule has 1 saturated carbocycles. The lowest BCUT2D eigenvalue weighted by atomic mass is 9.68. The van der Waals surface area contributed by atoms with Crippen LogP contribution in [-0.4, -0.2) is 18.2 Å². The van der Waals surface area contributed by atoms with E-state index in [1.165, 1.54) is 18.4 Å². The lowest BCUT2D eigenvalue weighted by Crippen LogP contribution is -2.56. The van der Waals surface area contributed by atoms with Crippen molar-refractivity contribution >= 4 is 0 Å². The Morgan fingerprint density at radius 3 is 2.22 bits per heavy atom. The second kappa shape index (κ2) is 6.18. The number of rotatable bonds is 5. The Morgan fingerprint density at radius 1 is 1.28 bits per heavy atom. The molecule has 3 heteroatoms. The molecule has 1 fully saturated rings. The standard InChI is InChI=1S/C15H30N2O/c1-6-18-15(13(17-16)11-12(2)3)9-7-14(4,5)8-10-15/h11,13,17H,6-10,16H2,1-5H3. The molecule has 0 spiro atoms. The number of ether oxygens (including phenoxy) is 1. The molecule has 1 rings (SSSR count). The molecule has 0 aromatic carbocycles. The van der Waals surface area contributed by atoms with Crippen LogP contribution in [0.1, 0.15) is 60.3 Å². The molecule has 3 nitrogen and oxygen atoms in total. The highest BCUT2D eigenvalue weighted by atomic mass is 16.5. The molecule has 0 amide bonds. The third kappa shape index (κ3) is 3.81. The summed E-state index contributed by atoms with van der Waals surface area (Å²) in [6, 6.07) is 0.110. The predicted octanol–water partition coefficient (Wildman–Crippen LogP) is 3.16. The first-order valence-electron chi connectivity index (χ1n) is 7.10. The van der Waals surface area contributed by atoms with Crippen molar-refractivity contribution in [2.75, 3.05) is 6.61 Å². The zero-order valence-electron chi connectivity index (χ0n) is 12.7. The zero-order chi connectivity index (χ0) is 13.8. The number of nitrogens with two attached hydrogens (primary N) is 1. The molecule has 0 saturated heterocycles. The van der Waals surface area contributed by atoms with Crippen LogP contribution in [0.2, 0.25) is 0 Å². The van der Waals surface area contributed by atoms with Crippen LogP contribution < -0.4 is 11.3 Å². The third-order valence-electron chi connectivity index (χ3n) is 4.13. The quantitative estimate of drug-likeness (QED) is 0.450. The molecule has 0 heterocycles. The van der Waals surface area contributed by atoms with Gasteiger partial charge < -0.3 is 4.74 Å². The van der Waals surface area contributed by atoms with E-state index in [1.54, 1.807) is 0 Å². The number of nitrogens with one attached hydrogen (secondary N) is 1. The Hall–Kier alpha value is -0.380. The minimum Gasteiger partial charge on any atom is -0.373 e. The molecular formula is C15H30N2O. The third-order valence-corrected chi connectivity index (χ3v) is 4.13. The Bertz CT molecular complexity index is 283. The lowest BCUT2D eigenvalue weighted by Gasteiger charge is -2.46. The van der Waals surface area contributed by atoms with Gasteiger partial charge in [-0.15, -0.1) is 0 Å². The van der Waals surface area contributed by atoms with E-state index in [-0.39, 0.29) is 11.6 Å². The summed E-state index contributed by atoms with van der Waals surface area (Å²) >= 11 is 0. The van der Waals surface area contributed by atoms with Crippen LogP contribution in [0.25, 0.3) is 0 Å². The molecule has 0 aliphatic heterocycles. The van der Waals surface area contributed by atoms with Gasteiger partial charge >= 0.3 is 0 Å². The minimum absolute atomic E-state index is 0.110. The number of hydrogen-bond acceptors (Lipinski definition) is 3. The van der Waals surface area contributed by atoms with E-state index < -0.39 is 0 Å². The van der Waals surface area contributed by atoms with E-state index >= 15 is 0 Å². The highest BCUT2D eigenvalue weighted by molar-refractivity contribution is 5.11. The van der Waals surface area contributed by atoms with E-state index in [4.69, 9.17) is 10.6 Å². The second-order valence-electron chi connectivity index (χ2n) is 6.55. The molecule has 1 unspecified atom stereocenters. The van der Waals surface area contributed by atoms with Crippen LogP contribution in [0.15, 0.2) is 11.6 Å². The topological polar surface area (TPSA) is 47.3 Å². The Morgan fingerprint density at radius 2 is 1.83 bits per heavy atom. The summed E-state index contributed by atoms with van der Waals surface area (Å²) in [5.41, 5.74) is 4.54. The van der Waals surface area contributed by atoms with Gasteiger partial charge in [-0.2, -0.15) is 0 Å². The Kier molecular flexibility index (Phi) is 5.38. The van der Waals surface area contributed by atoms with E-state index in [1.807, 2.05) is 0 Å². The van der Waals surface area contributed by atoms with Crippen LogP contribution in [0.3, 0.4) is 0 Å². The zero-order valence-corrected chi connectivity index (χ0v) is 12.7. The van der Waals surface area contributed by atoms with Crippen LogP contribution >= 0.6 is 0 Å². The van der Waals surface area contributed by atoms with Crippen molar-refractivity contribution in [1.82, 2.24) is 5.43 Å². The average molecular weight is 254 g/mol. The van der Waals surface area contributed by atoms with Crippen LogP contribution in [0.4, 0.5) is 0 Å². The molecule has 0 bridgehead atoms. The molecule has 1 atom stereocenters. The SMILES string of the molecule is CCOC1(C(C=C(C)C)NN)CCC(C)(C)CC1. The van der Waals surface area contributed by atoms with Gasteiger partial charge in [-0.25, -0.2) is 0 Å². The lowest BCUT2D eigenvalue weighted by molar-refractivity contribution is -0.0968. The average Bonchev–Trinajstić information content (AvgIpc) is 2.29. The fraction of sp³-hybridized carbons (Fsp3) is 0.867. The summed E-state index contributed by atoms with van der Waals surface area (Å²) in [5.74, 6) is 5.76. The summed E-state index contributed by atoms with van der Waals surface area (Å²) in [6.45, 7) is 11.7. The normalized spacial score (nSPS) is 23.4. The highest BCUT2D eigenvalue weighted by Crippen LogP contribution is 2.43. The van der Waals surface area contributed by atoms with Crippen molar-refractivity contribution in [3.63, 3.8) is 0 Å². The van der Waals surface area contributed by atoms with Gasteiger partial charge in [-0.05, 0) is 51.9 Å². The first kappa shape index (κ1) is 15.7. The maximum Gasteiger partial charge on any atom is 0.0883 e. The smallest absolute Gasteiger partial charge is 0.0883 e. The fourth-order valence-electron chi connectivity index (χ4n) is 2.87. The number of allylic oxidation sites excluding steroid dienone is 1. The molecule has 106 valence electrons. The summed E-state index contributed by atoms with van der Waals surface area (Å²) < 4.78 is 6.13. The van der Waals surface area contributed by atoms with Crippen molar-refractivity contribution in [3.8, 4) is 0 Å². The minimum atomic E-state index is -0.129. The Balaban J connectivity index is 2.90. The van der Waals surface area contributed by atoms with Gasteiger partial charge in [-0.1, -0.05) is 25.5 Å². The van der Waals surface area contributed by atoms with Gasteiger partial charge in [-0.3, -0.25) is 11.3 Å². The van der Waals surface area contributed by atoms with Gasteiger partial charge in [0.1, 0.15) is 0 Å². The van der Waals surface area contributed by atoms with Crippen molar-refractivity contribution in [2.45, 2.75) is 71.9 Å². The van der Waals surface area contributed by atoms with E-state index in [2.05, 4.69) is 46.1 Å². The Labute approximate surface area is 112 Å². The van der Waals surface area contributed by atoms with E-state index in [9.17, 15) is 0 Å². The fourth-order valence-corrected chi connectivity index (χ4v) is 2.87. The predicted molar refractivity (Wildman–Crippen MR) is 77.1 cm³/mol. The van der Waals surface area contributed by atoms with E-state index in [0.29, 0.717) is 5.41 Å². The van der Waals surface area contributed by atoms with Crippen molar-refractivity contribution < 1.29 is 4.74 Å². The highest BCUT2D eigenvalue weighted by Gasteiger charge is 2.43. The number of hydrogen-bond donors (Lipinski definition) is 2. The molecule has 18 heavy (non-hydrogen) atoms. The number of hydrazine groups is 1. The molecule has 1 aliphatic carbocycles. The van der Waals surface area contributed by atoms with Crippen LogP contribution in [0, 0.1) is 5.41 Å². The van der Waals surface area contributed by atoms with Crippen molar-refractivity contribution in [1.29, 1.82) is 0 Å². The summed E-state index contributed by atoms with van der Waals surface area (Å²) in [6.07, 6.45) is 6.75. The van der Waals surface area contributed by atoms with Gasteiger partial charge in [0.2, 0.25) is 0 Å². The molecule has 0 aromatic rings. The van der Waals surface area contributed by atoms with Crippen molar-refractivity contribution in [2.24, 2.45) is 11.3 Å². The van der Waals surface area contributed by atoms with Crippen LogP contribution in [0.5, 0.6) is 0 Å². The first-order chi connectivity index (χ1) is 8.35. The van der Waals surface area contributed by atoms with E-state index in [0.717, 1.165) is 19.4 Å². The summed E-state index contributed by atoms with van der Waals surface area (Å²) in [5, 5.41) is 0. The molecule has 0 aromatic heterocycles. The van der Waals surface area contributed by atoms with Crippen LogP contribution in [-0.2, 0) is 4.74 Å². The summed E-state index contributed by atoms with van der Waals surface area (Å²) in [7, 11) is 0. The molecular weight excluding hydrogens is 224 g/mol. The van der Waals surface area contributed by atoms with Gasteiger partial charge in [0.05, 0.1) is 11.6 Å². The largest absolute Gasteiger partial charge is 0.373 e. The summed E-state index contributed by atoms with van der Waals surface area (Å²) in [4.78, 5) is 0. The second-order valence-corrected chi connectivity index (χ2v) is 6.55. The molecule has 3 N–H and O–H groups in total. The molecule has 0 radical (unpaired) electrons. The maximum absolute atomic E-state index is 6.13. The molecule has 1 aliphatic rings. The van der Waals surface area contributed by atoms with Gasteiger partial charge in [0.25, 0.3) is 0 Å². The monoisotopic (exact) mass is 254 g/mol. The van der Waals surface area contributed by atoms with Gasteiger partial charge in [0.15, 0.2) is 0 Å². The first-order valence-corrected chi connectivity index (χ1v) is 7.10. The van der Waals surface area contributed by atoms with Crippen molar-refractivity contribution in [3.05, 3.63) is 11.6 Å². The van der Waals surface area contributed by atoms with Gasteiger partial charge in [0, 0.05) is 6.61 Å². The maximum atomic E-state index is 6.13.